The average Bonchev–Trinajstić information content (AvgIpc) is 0.731. The average molecular weight is 2130 g/mol. The first-order chi connectivity index (χ1) is 46.8. The molecular weight excluding hydrogens is 2040 g/mol. The normalized spacial score (nSPS) is 11.4. The van der Waals surface area contributed by atoms with Crippen molar-refractivity contribution in [1.82, 2.24) is 14.5 Å². The third-order valence-electron chi connectivity index (χ3n) is 15.0. The molecule has 3 aromatic heterocycles. The van der Waals surface area contributed by atoms with E-state index >= 15 is 0 Å². The number of aromatic amines is 2. The van der Waals surface area contributed by atoms with Gasteiger partial charge in [0.05, 0.1) is 55.1 Å². The Morgan fingerprint density at radius 1 is 0.545 bits per heavy atom. The number of hydrogen-bond acceptors (Lipinski definition) is 13. The Balaban J connectivity index is 0.000000210. The number of aliphatic hydroxyl groups is 3. The molecule has 0 amide bonds. The molecule has 0 saturated carbocycles. The van der Waals surface area contributed by atoms with Crippen molar-refractivity contribution in [1.29, 1.82) is 0 Å². The maximum absolute atomic E-state index is 12.3. The van der Waals surface area contributed by atoms with Gasteiger partial charge in [-0.2, -0.15) is 0 Å². The quantitative estimate of drug-likeness (QED) is 0.0332. The molecule has 1 aliphatic rings. The van der Waals surface area contributed by atoms with Gasteiger partial charge in [-0.3, -0.25) is 14.4 Å². The first kappa shape index (κ1) is 84.9. The van der Waals surface area contributed by atoms with E-state index in [1.807, 2.05) is 121 Å². The lowest BCUT2D eigenvalue weighted by Gasteiger charge is -2.35. The Morgan fingerprint density at radius 2 is 0.960 bits per heavy atom. The molecule has 0 atom stereocenters. The van der Waals surface area contributed by atoms with E-state index in [0.717, 1.165) is 101 Å². The monoisotopic (exact) mass is 2130 g/mol. The molecule has 16 nitrogen and oxygen atoms in total. The number of H-pyrrole nitrogens is 2. The van der Waals surface area contributed by atoms with Crippen molar-refractivity contribution in [3.05, 3.63) is 263 Å². The molecule has 526 valence electrons. The van der Waals surface area contributed by atoms with Gasteiger partial charge in [-0.25, -0.2) is 4.79 Å². The van der Waals surface area contributed by atoms with Crippen molar-refractivity contribution < 1.29 is 29.6 Å². The summed E-state index contributed by atoms with van der Waals surface area (Å²) in [7, 11) is 0. The van der Waals surface area contributed by atoms with E-state index in [2.05, 4.69) is 241 Å². The number of carbonyl (C=O) groups excluding carboxylic acids is 1. The van der Waals surface area contributed by atoms with Crippen LogP contribution in [-0.2, 0) is 54.5 Å². The van der Waals surface area contributed by atoms with E-state index in [-0.39, 0.29) is 42.1 Å². The molecule has 0 fully saturated rings. The topological polar surface area (TPSA) is 260 Å². The second-order valence-corrected chi connectivity index (χ2v) is 32.3. The number of nitrogens with two attached hydrogens (primary N) is 2. The zero-order valence-electron chi connectivity index (χ0n) is 57.3. The van der Waals surface area contributed by atoms with E-state index in [1.165, 1.54) is 31.5 Å². The van der Waals surface area contributed by atoms with Crippen molar-refractivity contribution in [2.24, 2.45) is 0 Å². The lowest BCUT2D eigenvalue weighted by atomic mass is 10.0. The number of benzene rings is 7. The molecule has 0 unspecified atom stereocenters. The molecule has 0 aliphatic carbocycles. The second-order valence-electron chi connectivity index (χ2n) is 23.6. The number of carbonyl (C=O) groups is 1. The number of rotatable bonds is 11. The van der Waals surface area contributed by atoms with Gasteiger partial charge in [0.25, 0.3) is 0 Å². The van der Waals surface area contributed by atoms with Gasteiger partial charge in [-0.1, -0.05) is 25.0 Å². The van der Waals surface area contributed by atoms with Crippen LogP contribution in [0.25, 0.3) is 32.7 Å². The number of fused-ring (bicyclic) bond motifs is 2. The van der Waals surface area contributed by atoms with Gasteiger partial charge in [0.2, 0.25) is 0 Å². The van der Waals surface area contributed by atoms with Crippen molar-refractivity contribution in [3.8, 4) is 0 Å². The van der Waals surface area contributed by atoms with E-state index in [4.69, 9.17) is 31.2 Å². The van der Waals surface area contributed by atoms with Gasteiger partial charge in [0.15, 0.2) is 16.3 Å². The highest BCUT2D eigenvalue weighted by Gasteiger charge is 2.29. The van der Waals surface area contributed by atoms with Gasteiger partial charge in [0.1, 0.15) is 5.72 Å². The molecule has 4 heterocycles. The third-order valence-corrected chi connectivity index (χ3v) is 19.5. The number of nitrogen functional groups attached to an aromatic ring is 2. The summed E-state index contributed by atoms with van der Waals surface area (Å²) in [5.41, 5.74) is 28.3. The summed E-state index contributed by atoms with van der Waals surface area (Å²) in [6.45, 7) is 24.7. The summed E-state index contributed by atoms with van der Waals surface area (Å²) >= 11 is 15.5. The number of ether oxygens (including phenoxy) is 2. The van der Waals surface area contributed by atoms with Crippen LogP contribution in [0, 0.1) is 45.8 Å². The highest BCUT2D eigenvalue weighted by molar-refractivity contribution is 14.1. The van der Waals surface area contributed by atoms with E-state index < -0.39 is 5.72 Å². The molecule has 1 aliphatic heterocycles. The van der Waals surface area contributed by atoms with Crippen LogP contribution in [0.3, 0.4) is 0 Å². The highest BCUT2D eigenvalue weighted by atomic mass is 127. The summed E-state index contributed by atoms with van der Waals surface area (Å²) in [4.78, 5) is 53.6. The van der Waals surface area contributed by atoms with Gasteiger partial charge in [-0.15, -0.1) is 0 Å². The Hall–Kier alpha value is -4.73. The number of anilines is 4. The number of aromatic nitrogens is 3. The number of esters is 1. The zero-order chi connectivity index (χ0) is 73.6. The summed E-state index contributed by atoms with van der Waals surface area (Å²) < 4.78 is 20.5. The number of nitrogens with zero attached hydrogens (tertiary/aromatic N) is 1. The van der Waals surface area contributed by atoms with Crippen molar-refractivity contribution in [3.63, 3.8) is 0 Å². The first-order valence-electron chi connectivity index (χ1n) is 31.4. The van der Waals surface area contributed by atoms with E-state index in [1.54, 1.807) is 44.4 Å². The standard InChI is InChI=1S/C14H14INO2.C12H12INO.C12H16IN.C11H10INO2.C11H14INO.C9H10INO2.C7H8INO/c1-8-6-16-12-9(7-18-14(16,2)3)4-10(15)5-11(12)13(8)17;1-3-8-4-9(13)5-10-11(8)14-6-7(2)12(10)15;1-4-10-7-11(13)5-6-12(10)14-8-9(2)3;1-6-4-13-10-7(5-14)2-8(12)3-9(10)11(6)15;1-8(2)6-13-11-4-3-10(12)5-9(11)7-14;1-2-13-9(12)7-5-6(10)3-4-8(7)11;8-6-1-2-7(9)5(3-6)4-10/h4-6H,7H2,1-3H3;4-6H,3H2,1-2H3,(H,14,15);5-8,14H,4H2,1-3H3;2-4,14H,5H2,1H3,(H,13,15);3-6,13-14H,7H2,1-2H3;3-5H,2,11H2,1H3;1-3,10H,4,9H2. The van der Waals surface area contributed by atoms with Crippen LogP contribution in [0.5, 0.6) is 0 Å². The lowest BCUT2D eigenvalue weighted by molar-refractivity contribution is -0.0938. The molecule has 23 heteroatoms. The molecule has 11 N–H and O–H groups in total. The Kier molecular flexibility index (Phi) is 35.1. The number of nitrogens with one attached hydrogen (secondary N) is 4. The molecule has 99 heavy (non-hydrogen) atoms. The number of aliphatic hydroxyl groups excluding tert-OH is 3. The number of aryl methyl sites for hydroxylation is 5. The SMILES string of the molecule is CC(C)=CNc1ccc(I)cc1CO.CCOC(=O)c1cc(I)ccc1N.CCc1cc(I)cc2c(=O)c(C)c[nH]c12.CCc1cc(I)ccc1NC=C(C)C.Cc1c[nH]c2c(CO)cc(I)cc2c1=O.Cc1cn2c3c(cc(I)cc3c1=O)COC2(C)C.Nc1ccc(I)cc1CO. The predicted octanol–water partition coefficient (Wildman–Crippen LogP) is 18.8. The van der Waals surface area contributed by atoms with Crippen LogP contribution < -0.4 is 38.4 Å². The third kappa shape index (κ3) is 25.0. The van der Waals surface area contributed by atoms with Gasteiger partial charge < -0.3 is 61.4 Å². The Labute approximate surface area is 674 Å². The van der Waals surface area contributed by atoms with Crippen LogP contribution in [0.1, 0.15) is 123 Å². The zero-order valence-corrected chi connectivity index (χ0v) is 72.4. The van der Waals surface area contributed by atoms with Crippen LogP contribution in [-0.4, -0.2) is 42.4 Å². The van der Waals surface area contributed by atoms with Gasteiger partial charge in [-0.05, 0) is 373 Å². The maximum atomic E-state index is 12.3. The van der Waals surface area contributed by atoms with Crippen LogP contribution in [0.15, 0.2) is 166 Å². The number of pyridine rings is 3. The lowest BCUT2D eigenvalue weighted by Crippen LogP contribution is -2.35. The van der Waals surface area contributed by atoms with Gasteiger partial charge in [0, 0.05) is 121 Å². The molecule has 7 aromatic carbocycles. The smallest absolute Gasteiger partial charge is 0.340 e. The summed E-state index contributed by atoms with van der Waals surface area (Å²) in [5.74, 6) is -0.362. The summed E-state index contributed by atoms with van der Waals surface area (Å²) in [5, 5.41) is 35.8. The number of halogens is 7. The van der Waals surface area contributed by atoms with Crippen LogP contribution in [0.4, 0.5) is 22.7 Å². The molecule has 0 radical (unpaired) electrons. The predicted molar refractivity (Wildman–Crippen MR) is 468 cm³/mol. The largest absolute Gasteiger partial charge is 0.462 e. The summed E-state index contributed by atoms with van der Waals surface area (Å²) in [6, 6.07) is 35.1. The minimum atomic E-state index is -0.406. The molecule has 0 bridgehead atoms. The number of allylic oxidation sites excluding steroid dienone is 2. The maximum Gasteiger partial charge on any atom is 0.340 e. The molecular formula is C76H84I7N7O9. The molecule has 10 aromatic rings. The van der Waals surface area contributed by atoms with Crippen LogP contribution in [0.2, 0.25) is 0 Å². The second kappa shape index (κ2) is 40.9. The van der Waals surface area contributed by atoms with Gasteiger partial charge >= 0.3 is 5.97 Å². The molecule has 0 saturated heterocycles. The van der Waals surface area contributed by atoms with E-state index in [9.17, 15) is 24.3 Å². The first-order valence-corrected chi connectivity index (χ1v) is 38.9. The van der Waals surface area contributed by atoms with E-state index in [0.29, 0.717) is 41.1 Å². The fraction of sp³-hybridized carbons (Fsp3) is 0.263. The van der Waals surface area contributed by atoms with Crippen molar-refractivity contribution in [2.75, 3.05) is 28.7 Å². The molecule has 0 spiro atoms. The van der Waals surface area contributed by atoms with Crippen molar-refractivity contribution >= 4 is 220 Å². The van der Waals surface area contributed by atoms with Crippen molar-refractivity contribution in [2.45, 2.75) is 128 Å². The Morgan fingerprint density at radius 3 is 1.44 bits per heavy atom. The number of hydrogen-bond donors (Lipinski definition) is 9. The Bertz CT molecular complexity index is 4560. The van der Waals surface area contributed by atoms with Crippen LogP contribution >= 0.6 is 158 Å². The highest BCUT2D eigenvalue weighted by Crippen LogP contribution is 2.33. The fourth-order valence-electron chi connectivity index (χ4n) is 9.75. The minimum Gasteiger partial charge on any atom is -0.462 e. The molecule has 11 rings (SSSR count). The minimum absolute atomic E-state index is 0.0165. The summed E-state index contributed by atoms with van der Waals surface area (Å²) in [6.07, 6.45) is 11.3. The fourth-order valence-corrected chi connectivity index (χ4v) is 14.0.